The van der Waals surface area contributed by atoms with Crippen LogP contribution in [0.1, 0.15) is 27.6 Å². The molecule has 31 heavy (non-hydrogen) atoms. The average molecular weight is 417 g/mol. The molecule has 3 aromatic rings. The number of rotatable bonds is 7. The Bertz CT molecular complexity index is 1090. The van der Waals surface area contributed by atoms with E-state index in [0.717, 1.165) is 10.6 Å². The molecular weight excluding hydrogens is 398 g/mol. The third kappa shape index (κ3) is 4.25. The molecule has 1 heterocycles. The Morgan fingerprint density at radius 1 is 0.742 bits per heavy atom. The van der Waals surface area contributed by atoms with Gasteiger partial charge in [0.15, 0.2) is 6.61 Å². The summed E-state index contributed by atoms with van der Waals surface area (Å²) in [5, 5.41) is 0. The van der Waals surface area contributed by atoms with Gasteiger partial charge in [0.05, 0.1) is 23.4 Å². The number of hydrogen-bond acceptors (Lipinski definition) is 6. The van der Waals surface area contributed by atoms with E-state index in [0.29, 0.717) is 29.2 Å². The zero-order valence-electron chi connectivity index (χ0n) is 16.7. The highest BCUT2D eigenvalue weighted by atomic mass is 16.6. The molecule has 0 atom stereocenters. The highest BCUT2D eigenvalue weighted by Crippen LogP contribution is 2.29. The summed E-state index contributed by atoms with van der Waals surface area (Å²) in [4.78, 5) is 38.2. The molecule has 2 amide bonds. The van der Waals surface area contributed by atoms with Gasteiger partial charge < -0.3 is 14.2 Å². The summed E-state index contributed by atoms with van der Waals surface area (Å²) in [5.41, 5.74) is 1.14. The van der Waals surface area contributed by atoms with Crippen LogP contribution in [0.5, 0.6) is 17.2 Å². The number of hydrogen-bond donors (Lipinski definition) is 0. The number of esters is 1. The summed E-state index contributed by atoms with van der Waals surface area (Å²) >= 11 is 0. The summed E-state index contributed by atoms with van der Waals surface area (Å²) in [7, 11) is 0. The van der Waals surface area contributed by atoms with E-state index in [4.69, 9.17) is 14.2 Å². The van der Waals surface area contributed by atoms with Crippen molar-refractivity contribution in [1.29, 1.82) is 0 Å². The molecule has 0 N–H and O–H groups in total. The summed E-state index contributed by atoms with van der Waals surface area (Å²) < 4.78 is 16.0. The van der Waals surface area contributed by atoms with E-state index in [1.807, 2.05) is 6.92 Å². The molecule has 156 valence electrons. The first-order valence-electron chi connectivity index (χ1n) is 9.71. The molecule has 0 spiro atoms. The van der Waals surface area contributed by atoms with Gasteiger partial charge in [-0.2, -0.15) is 0 Å². The monoisotopic (exact) mass is 417 g/mol. The van der Waals surface area contributed by atoms with Crippen LogP contribution < -0.4 is 19.1 Å². The van der Waals surface area contributed by atoms with Gasteiger partial charge in [0.1, 0.15) is 17.2 Å². The third-order valence-corrected chi connectivity index (χ3v) is 4.61. The Balaban J connectivity index is 1.35. The van der Waals surface area contributed by atoms with Crippen LogP contribution in [0.15, 0.2) is 72.8 Å². The predicted octanol–water partition coefficient (Wildman–Crippen LogP) is 3.87. The van der Waals surface area contributed by atoms with E-state index in [2.05, 4.69) is 0 Å². The minimum atomic E-state index is -0.581. The van der Waals surface area contributed by atoms with Gasteiger partial charge in [-0.05, 0) is 67.6 Å². The van der Waals surface area contributed by atoms with Crippen LogP contribution in [0.4, 0.5) is 5.69 Å². The van der Waals surface area contributed by atoms with Crippen molar-refractivity contribution in [2.75, 3.05) is 18.1 Å². The molecule has 7 heteroatoms. The molecular formula is C24H19NO6. The van der Waals surface area contributed by atoms with Crippen molar-refractivity contribution in [1.82, 2.24) is 0 Å². The zero-order chi connectivity index (χ0) is 21.8. The van der Waals surface area contributed by atoms with Gasteiger partial charge in [-0.15, -0.1) is 0 Å². The lowest BCUT2D eigenvalue weighted by atomic mass is 10.1. The Morgan fingerprint density at radius 2 is 1.26 bits per heavy atom. The van der Waals surface area contributed by atoms with E-state index in [9.17, 15) is 14.4 Å². The number of fused-ring (bicyclic) bond motifs is 1. The Hall–Kier alpha value is -4.13. The molecule has 0 bridgehead atoms. The molecule has 0 unspecified atom stereocenters. The van der Waals surface area contributed by atoms with Crippen molar-refractivity contribution in [3.05, 3.63) is 83.9 Å². The third-order valence-electron chi connectivity index (χ3n) is 4.61. The van der Waals surface area contributed by atoms with Crippen LogP contribution in [0.3, 0.4) is 0 Å². The molecule has 0 aromatic heterocycles. The lowest BCUT2D eigenvalue weighted by Gasteiger charge is -2.14. The van der Waals surface area contributed by atoms with E-state index in [-0.39, 0.29) is 24.2 Å². The average Bonchev–Trinajstić information content (AvgIpc) is 3.04. The molecule has 0 radical (unpaired) electrons. The maximum absolute atomic E-state index is 12.5. The maximum Gasteiger partial charge on any atom is 0.349 e. The van der Waals surface area contributed by atoms with Gasteiger partial charge in [0.25, 0.3) is 11.8 Å². The van der Waals surface area contributed by atoms with Crippen molar-refractivity contribution in [3.63, 3.8) is 0 Å². The van der Waals surface area contributed by atoms with Crippen molar-refractivity contribution in [2.24, 2.45) is 0 Å². The molecule has 7 nitrogen and oxygen atoms in total. The Kier molecular flexibility index (Phi) is 5.66. The first-order valence-corrected chi connectivity index (χ1v) is 9.71. The number of imide groups is 1. The van der Waals surface area contributed by atoms with Crippen molar-refractivity contribution in [3.8, 4) is 17.2 Å². The number of benzene rings is 3. The van der Waals surface area contributed by atoms with Gasteiger partial charge in [-0.25, -0.2) is 9.69 Å². The molecule has 4 rings (SSSR count). The SMILES string of the molecule is CCOc1ccc(OCC(=O)Oc2ccc(N3C(=O)c4ccccc4C3=O)cc2)cc1. The maximum atomic E-state index is 12.5. The number of anilines is 1. The van der Waals surface area contributed by atoms with E-state index in [1.165, 1.54) is 12.1 Å². The van der Waals surface area contributed by atoms with Crippen LogP contribution in [0, 0.1) is 0 Å². The minimum Gasteiger partial charge on any atom is -0.494 e. The van der Waals surface area contributed by atoms with Crippen molar-refractivity contribution < 1.29 is 28.6 Å². The molecule has 0 saturated carbocycles. The molecule has 1 aliphatic heterocycles. The molecule has 0 aliphatic carbocycles. The lowest BCUT2D eigenvalue weighted by Crippen LogP contribution is -2.29. The normalized spacial score (nSPS) is 12.5. The summed E-state index contributed by atoms with van der Waals surface area (Å²) in [6, 6.07) is 19.7. The fourth-order valence-corrected chi connectivity index (χ4v) is 3.19. The quantitative estimate of drug-likeness (QED) is 0.330. The Morgan fingerprint density at radius 3 is 1.81 bits per heavy atom. The molecule has 1 aliphatic rings. The highest BCUT2D eigenvalue weighted by molar-refractivity contribution is 6.34. The van der Waals surface area contributed by atoms with Crippen LogP contribution in [-0.2, 0) is 4.79 Å². The van der Waals surface area contributed by atoms with Crippen LogP contribution in [0.25, 0.3) is 0 Å². The Labute approximate surface area is 178 Å². The van der Waals surface area contributed by atoms with E-state index >= 15 is 0 Å². The first-order chi connectivity index (χ1) is 15.1. The summed E-state index contributed by atoms with van der Waals surface area (Å²) in [5.74, 6) is 0.170. The van der Waals surface area contributed by atoms with E-state index < -0.39 is 5.97 Å². The molecule has 3 aromatic carbocycles. The molecule has 0 fully saturated rings. The standard InChI is InChI=1S/C24H19NO6/c1-2-29-17-11-13-18(14-12-17)30-15-22(26)31-19-9-7-16(8-10-19)25-23(27)20-5-3-4-6-21(20)24(25)28/h3-14H,2,15H2,1H3. The highest BCUT2D eigenvalue weighted by Gasteiger charge is 2.36. The van der Waals surface area contributed by atoms with E-state index in [1.54, 1.807) is 60.7 Å². The summed E-state index contributed by atoms with van der Waals surface area (Å²) in [6.07, 6.45) is 0. The number of nitrogens with zero attached hydrogens (tertiary/aromatic N) is 1. The fourth-order valence-electron chi connectivity index (χ4n) is 3.19. The number of carbonyl (C=O) groups excluding carboxylic acids is 3. The number of carbonyl (C=O) groups is 3. The largest absolute Gasteiger partial charge is 0.494 e. The smallest absolute Gasteiger partial charge is 0.349 e. The van der Waals surface area contributed by atoms with Gasteiger partial charge in [0, 0.05) is 0 Å². The fraction of sp³-hybridized carbons (Fsp3) is 0.125. The second-order valence-corrected chi connectivity index (χ2v) is 6.65. The second kappa shape index (κ2) is 8.71. The topological polar surface area (TPSA) is 82.1 Å². The van der Waals surface area contributed by atoms with Crippen LogP contribution in [0.2, 0.25) is 0 Å². The van der Waals surface area contributed by atoms with Gasteiger partial charge in [0.2, 0.25) is 0 Å². The van der Waals surface area contributed by atoms with Crippen LogP contribution >= 0.6 is 0 Å². The lowest BCUT2D eigenvalue weighted by molar-refractivity contribution is -0.136. The van der Waals surface area contributed by atoms with Crippen molar-refractivity contribution >= 4 is 23.5 Å². The zero-order valence-corrected chi connectivity index (χ0v) is 16.7. The predicted molar refractivity (Wildman–Crippen MR) is 113 cm³/mol. The van der Waals surface area contributed by atoms with Crippen molar-refractivity contribution in [2.45, 2.75) is 6.92 Å². The first kappa shape index (κ1) is 20.2. The second-order valence-electron chi connectivity index (χ2n) is 6.65. The minimum absolute atomic E-state index is 0.270. The number of ether oxygens (including phenoxy) is 3. The van der Waals surface area contributed by atoms with Gasteiger partial charge in [-0.1, -0.05) is 12.1 Å². The van der Waals surface area contributed by atoms with Gasteiger partial charge in [-0.3, -0.25) is 9.59 Å². The summed E-state index contributed by atoms with van der Waals surface area (Å²) in [6.45, 7) is 2.19. The number of amides is 2. The molecule has 0 saturated heterocycles. The van der Waals surface area contributed by atoms with Crippen LogP contribution in [-0.4, -0.2) is 31.0 Å². The van der Waals surface area contributed by atoms with Gasteiger partial charge >= 0.3 is 5.97 Å².